The molecule has 4 atom stereocenters. The number of methoxy groups -OCH3 is 1. The summed E-state index contributed by atoms with van der Waals surface area (Å²) < 4.78 is 5.33. The maximum atomic E-state index is 5.33. The van der Waals surface area contributed by atoms with Crippen LogP contribution in [-0.2, 0) is 0 Å². The van der Waals surface area contributed by atoms with Gasteiger partial charge in [0.1, 0.15) is 5.75 Å². The number of unbranched alkanes of at least 4 members (excludes halogenated alkanes) is 2. The van der Waals surface area contributed by atoms with Gasteiger partial charge in [0.05, 0.1) is 7.11 Å². The predicted molar refractivity (Wildman–Crippen MR) is 123 cm³/mol. The van der Waals surface area contributed by atoms with Gasteiger partial charge in [-0.1, -0.05) is 51.2 Å². The number of fused-ring (bicyclic) bond motifs is 1. The van der Waals surface area contributed by atoms with Crippen molar-refractivity contribution in [2.45, 2.75) is 103 Å². The van der Waals surface area contributed by atoms with E-state index in [4.69, 9.17) is 4.74 Å². The third-order valence-corrected chi connectivity index (χ3v) is 9.00. The van der Waals surface area contributed by atoms with Crippen LogP contribution in [0, 0.1) is 29.6 Å². The molecular weight excluding hydrogens is 352 g/mol. The quantitative estimate of drug-likeness (QED) is 0.420. The highest BCUT2D eigenvalue weighted by atomic mass is 16.5. The Morgan fingerprint density at radius 2 is 1.34 bits per heavy atom. The molecule has 1 nitrogen and oxygen atoms in total. The van der Waals surface area contributed by atoms with Crippen LogP contribution >= 0.6 is 0 Å². The monoisotopic (exact) mass is 396 g/mol. The molecule has 1 aromatic carbocycles. The molecule has 3 saturated carbocycles. The van der Waals surface area contributed by atoms with Crippen LogP contribution in [0.15, 0.2) is 24.3 Å². The van der Waals surface area contributed by atoms with E-state index in [9.17, 15) is 0 Å². The van der Waals surface area contributed by atoms with Gasteiger partial charge in [-0.15, -0.1) is 0 Å². The summed E-state index contributed by atoms with van der Waals surface area (Å²) in [5, 5.41) is 0. The van der Waals surface area contributed by atoms with Gasteiger partial charge < -0.3 is 4.74 Å². The van der Waals surface area contributed by atoms with Crippen molar-refractivity contribution in [1.82, 2.24) is 0 Å². The van der Waals surface area contributed by atoms with Gasteiger partial charge in [-0.05, 0) is 111 Å². The number of hydrogen-bond acceptors (Lipinski definition) is 1. The summed E-state index contributed by atoms with van der Waals surface area (Å²) in [6.45, 7) is 2.34. The van der Waals surface area contributed by atoms with Crippen molar-refractivity contribution in [2.75, 3.05) is 7.11 Å². The topological polar surface area (TPSA) is 9.23 Å². The minimum Gasteiger partial charge on any atom is -0.497 e. The van der Waals surface area contributed by atoms with E-state index in [2.05, 4.69) is 31.2 Å². The molecule has 3 fully saturated rings. The van der Waals surface area contributed by atoms with Crippen molar-refractivity contribution in [1.29, 1.82) is 0 Å². The van der Waals surface area contributed by atoms with Crippen LogP contribution < -0.4 is 4.74 Å². The van der Waals surface area contributed by atoms with Crippen LogP contribution in [0.3, 0.4) is 0 Å². The van der Waals surface area contributed by atoms with Crippen molar-refractivity contribution in [3.8, 4) is 5.75 Å². The molecule has 29 heavy (non-hydrogen) atoms. The number of rotatable bonds is 7. The Labute approximate surface area is 180 Å². The van der Waals surface area contributed by atoms with E-state index in [0.717, 1.165) is 41.3 Å². The second-order valence-corrected chi connectivity index (χ2v) is 10.7. The molecule has 0 saturated heterocycles. The zero-order valence-electron chi connectivity index (χ0n) is 19.1. The third kappa shape index (κ3) is 5.39. The van der Waals surface area contributed by atoms with Crippen LogP contribution in [0.2, 0.25) is 0 Å². The van der Waals surface area contributed by atoms with E-state index in [1.54, 1.807) is 45.6 Å². The number of ether oxygens (including phenoxy) is 1. The molecule has 0 heterocycles. The van der Waals surface area contributed by atoms with Crippen LogP contribution in [-0.4, -0.2) is 7.11 Å². The van der Waals surface area contributed by atoms with Gasteiger partial charge in [0.25, 0.3) is 0 Å². The van der Waals surface area contributed by atoms with Crippen molar-refractivity contribution in [2.24, 2.45) is 29.6 Å². The fraction of sp³-hybridized carbons (Fsp3) is 0.786. The van der Waals surface area contributed by atoms with Crippen LogP contribution in [0.5, 0.6) is 5.75 Å². The first-order chi connectivity index (χ1) is 14.3. The minimum atomic E-state index is 0.784. The van der Waals surface area contributed by atoms with Crippen molar-refractivity contribution < 1.29 is 4.74 Å². The molecular formula is C28H44O. The molecule has 0 radical (unpaired) electrons. The molecule has 162 valence electrons. The highest BCUT2D eigenvalue weighted by molar-refractivity contribution is 5.29. The normalized spacial score (nSPS) is 35.1. The summed E-state index contributed by atoms with van der Waals surface area (Å²) in [5.74, 6) is 7.07. The predicted octanol–water partition coefficient (Wildman–Crippen LogP) is 8.38. The van der Waals surface area contributed by atoms with Crippen molar-refractivity contribution in [3.05, 3.63) is 29.8 Å². The standard InChI is InChI=1S/C28H44O/c1-3-4-5-6-21-7-8-27-20-26(14-13-25(27)19-21)24-11-9-22(10-12-24)23-15-17-28(29-2)18-16-23/h15-18,21-22,24-27H,3-14,19-20H2,1-2H3/t21-,22?,24?,25-,26+,27+/m0/s1. The Balaban J connectivity index is 1.22. The highest BCUT2D eigenvalue weighted by Crippen LogP contribution is 2.50. The van der Waals surface area contributed by atoms with Gasteiger partial charge in [-0.3, -0.25) is 0 Å². The second-order valence-electron chi connectivity index (χ2n) is 10.7. The molecule has 3 aliphatic carbocycles. The van der Waals surface area contributed by atoms with E-state index in [0.29, 0.717) is 0 Å². The SMILES string of the molecule is CCCCC[C@H]1CC[C@@H]2C[C@H](C3CCC(c4ccc(OC)cc4)CC3)CC[C@H]2C1. The second kappa shape index (κ2) is 10.4. The molecule has 0 amide bonds. The minimum absolute atomic E-state index is 0.784. The van der Waals surface area contributed by atoms with Crippen LogP contribution in [0.1, 0.15) is 108 Å². The zero-order chi connectivity index (χ0) is 20.1. The van der Waals surface area contributed by atoms with Gasteiger partial charge in [0, 0.05) is 0 Å². The fourth-order valence-electron chi connectivity index (χ4n) is 7.20. The first-order valence-electron chi connectivity index (χ1n) is 12.9. The van der Waals surface area contributed by atoms with E-state index in [-0.39, 0.29) is 0 Å². The largest absolute Gasteiger partial charge is 0.497 e. The van der Waals surface area contributed by atoms with Gasteiger partial charge in [0.15, 0.2) is 0 Å². The average molecular weight is 397 g/mol. The van der Waals surface area contributed by atoms with Crippen LogP contribution in [0.4, 0.5) is 0 Å². The molecule has 3 aliphatic rings. The Morgan fingerprint density at radius 3 is 2.03 bits per heavy atom. The summed E-state index contributed by atoms with van der Waals surface area (Å²) in [5.41, 5.74) is 1.54. The zero-order valence-corrected chi connectivity index (χ0v) is 19.1. The Kier molecular flexibility index (Phi) is 7.60. The molecule has 0 spiro atoms. The molecule has 1 aromatic rings. The molecule has 0 aromatic heterocycles. The first kappa shape index (κ1) is 21.3. The smallest absolute Gasteiger partial charge is 0.118 e. The Hall–Kier alpha value is -0.980. The molecule has 0 N–H and O–H groups in total. The lowest BCUT2D eigenvalue weighted by Crippen LogP contribution is -2.34. The van der Waals surface area contributed by atoms with E-state index in [1.807, 2.05) is 0 Å². The maximum Gasteiger partial charge on any atom is 0.118 e. The fourth-order valence-corrected chi connectivity index (χ4v) is 7.20. The molecule has 0 unspecified atom stereocenters. The van der Waals surface area contributed by atoms with E-state index >= 15 is 0 Å². The molecule has 0 aliphatic heterocycles. The van der Waals surface area contributed by atoms with Gasteiger partial charge >= 0.3 is 0 Å². The van der Waals surface area contributed by atoms with Gasteiger partial charge in [-0.2, -0.15) is 0 Å². The lowest BCUT2D eigenvalue weighted by atomic mass is 9.60. The number of benzene rings is 1. The Bertz CT molecular complexity index is 597. The first-order valence-corrected chi connectivity index (χ1v) is 12.9. The summed E-state index contributed by atoms with van der Waals surface area (Å²) in [7, 11) is 1.76. The number of hydrogen-bond donors (Lipinski definition) is 0. The maximum absolute atomic E-state index is 5.33. The van der Waals surface area contributed by atoms with E-state index < -0.39 is 0 Å². The summed E-state index contributed by atoms with van der Waals surface area (Å²) in [6, 6.07) is 8.88. The lowest BCUT2D eigenvalue weighted by molar-refractivity contribution is 0.0614. The lowest BCUT2D eigenvalue weighted by Gasteiger charge is -2.45. The summed E-state index contributed by atoms with van der Waals surface area (Å²) in [4.78, 5) is 0. The highest BCUT2D eigenvalue weighted by Gasteiger charge is 2.38. The average Bonchev–Trinajstić information content (AvgIpc) is 2.79. The van der Waals surface area contributed by atoms with Crippen molar-refractivity contribution in [3.63, 3.8) is 0 Å². The third-order valence-electron chi connectivity index (χ3n) is 9.00. The summed E-state index contributed by atoms with van der Waals surface area (Å²) in [6.07, 6.45) is 20.9. The Morgan fingerprint density at radius 1 is 0.724 bits per heavy atom. The van der Waals surface area contributed by atoms with E-state index in [1.165, 1.54) is 56.9 Å². The van der Waals surface area contributed by atoms with Gasteiger partial charge in [0.2, 0.25) is 0 Å². The van der Waals surface area contributed by atoms with Crippen molar-refractivity contribution >= 4 is 0 Å². The molecule has 4 rings (SSSR count). The molecule has 0 bridgehead atoms. The van der Waals surface area contributed by atoms with Crippen LogP contribution in [0.25, 0.3) is 0 Å². The molecule has 1 heteroatoms. The van der Waals surface area contributed by atoms with Gasteiger partial charge in [-0.25, -0.2) is 0 Å². The summed E-state index contributed by atoms with van der Waals surface area (Å²) >= 11 is 0.